The van der Waals surface area contributed by atoms with E-state index in [0.717, 1.165) is 0 Å². The molecule has 3 rings (SSSR count). The Morgan fingerprint density at radius 1 is 1.14 bits per heavy atom. The normalized spacial score (nSPS) is 11.2. The molecule has 0 atom stereocenters. The summed E-state index contributed by atoms with van der Waals surface area (Å²) in [5, 5.41) is 0.541. The van der Waals surface area contributed by atoms with Crippen LogP contribution < -0.4 is 10.5 Å². The Labute approximate surface area is 123 Å². The van der Waals surface area contributed by atoms with Gasteiger partial charge in [0.05, 0.1) is 5.02 Å². The van der Waals surface area contributed by atoms with E-state index in [0.29, 0.717) is 27.7 Å². The Bertz CT molecular complexity index is 787. The lowest BCUT2D eigenvalue weighted by atomic mass is 10.1. The zero-order chi connectivity index (χ0) is 15.0. The molecule has 7 heteroatoms. The molecule has 0 spiro atoms. The van der Waals surface area contributed by atoms with E-state index < -0.39 is 6.61 Å². The van der Waals surface area contributed by atoms with Crippen LogP contribution in [0.2, 0.25) is 5.02 Å². The van der Waals surface area contributed by atoms with Gasteiger partial charge in [0.2, 0.25) is 0 Å². The number of fused-ring (bicyclic) bond motifs is 1. The fourth-order valence-corrected chi connectivity index (χ4v) is 2.20. The van der Waals surface area contributed by atoms with Crippen molar-refractivity contribution in [3.8, 4) is 17.0 Å². The molecule has 2 aromatic heterocycles. The highest BCUT2D eigenvalue weighted by atomic mass is 35.5. The van der Waals surface area contributed by atoms with Gasteiger partial charge in [0.25, 0.3) is 0 Å². The highest BCUT2D eigenvalue weighted by Gasteiger charge is 2.12. The number of nitrogens with zero attached hydrogens (tertiary/aromatic N) is 2. The van der Waals surface area contributed by atoms with Crippen LogP contribution in [0.25, 0.3) is 16.9 Å². The number of nitrogens with two attached hydrogens (primary N) is 1. The number of alkyl halides is 2. The second-order valence-corrected chi connectivity index (χ2v) is 4.76. The number of aromatic nitrogens is 2. The molecule has 0 saturated heterocycles. The molecule has 0 aliphatic rings. The summed E-state index contributed by atoms with van der Waals surface area (Å²) in [4.78, 5) is 4.40. The minimum Gasteiger partial charge on any atom is -0.435 e. The summed E-state index contributed by atoms with van der Waals surface area (Å²) in [6.45, 7) is -2.85. The molecule has 0 aliphatic carbocycles. The molecule has 0 saturated carbocycles. The molecule has 0 fully saturated rings. The van der Waals surface area contributed by atoms with Crippen molar-refractivity contribution in [1.82, 2.24) is 9.38 Å². The number of anilines is 1. The van der Waals surface area contributed by atoms with Gasteiger partial charge in [0.1, 0.15) is 22.9 Å². The van der Waals surface area contributed by atoms with Crippen LogP contribution in [-0.2, 0) is 0 Å². The maximum absolute atomic E-state index is 12.1. The van der Waals surface area contributed by atoms with Crippen molar-refractivity contribution in [2.45, 2.75) is 6.61 Å². The first kappa shape index (κ1) is 13.6. The third kappa shape index (κ3) is 2.62. The van der Waals surface area contributed by atoms with Gasteiger partial charge in [-0.05, 0) is 36.4 Å². The van der Waals surface area contributed by atoms with Crippen molar-refractivity contribution < 1.29 is 13.5 Å². The molecule has 21 heavy (non-hydrogen) atoms. The lowest BCUT2D eigenvalue weighted by Crippen LogP contribution is -2.01. The fourth-order valence-electron chi connectivity index (χ4n) is 2.04. The molecule has 3 aromatic rings. The van der Waals surface area contributed by atoms with E-state index in [1.165, 1.54) is 12.1 Å². The quantitative estimate of drug-likeness (QED) is 0.800. The van der Waals surface area contributed by atoms with Crippen molar-refractivity contribution in [2.75, 3.05) is 5.73 Å². The lowest BCUT2D eigenvalue weighted by Gasteiger charge is -2.05. The van der Waals surface area contributed by atoms with Gasteiger partial charge in [-0.3, -0.25) is 4.40 Å². The van der Waals surface area contributed by atoms with Gasteiger partial charge in [0.15, 0.2) is 0 Å². The largest absolute Gasteiger partial charge is 0.435 e. The third-order valence-corrected chi connectivity index (χ3v) is 3.20. The number of ether oxygens (including phenoxy) is 1. The highest BCUT2D eigenvalue weighted by molar-refractivity contribution is 6.30. The van der Waals surface area contributed by atoms with Gasteiger partial charge in [-0.15, -0.1) is 0 Å². The van der Waals surface area contributed by atoms with Crippen molar-refractivity contribution in [3.05, 3.63) is 47.6 Å². The summed E-state index contributed by atoms with van der Waals surface area (Å²) >= 11 is 5.92. The Morgan fingerprint density at radius 2 is 1.86 bits per heavy atom. The molecule has 0 unspecified atom stereocenters. The SMILES string of the molecule is Nc1c(-c2ccc(OC(F)F)cc2)nc2ccc(Cl)cn12. The minimum atomic E-state index is -2.85. The molecular formula is C14H10ClF2N3O. The Kier molecular flexibility index (Phi) is 3.39. The van der Waals surface area contributed by atoms with Gasteiger partial charge in [-0.1, -0.05) is 11.6 Å². The highest BCUT2D eigenvalue weighted by Crippen LogP contribution is 2.29. The van der Waals surface area contributed by atoms with Crippen LogP contribution in [-0.4, -0.2) is 16.0 Å². The first-order valence-electron chi connectivity index (χ1n) is 6.03. The lowest BCUT2D eigenvalue weighted by molar-refractivity contribution is -0.0498. The number of imidazole rings is 1. The first-order valence-corrected chi connectivity index (χ1v) is 6.41. The predicted octanol–water partition coefficient (Wildman–Crippen LogP) is 3.84. The van der Waals surface area contributed by atoms with Crippen molar-refractivity contribution in [1.29, 1.82) is 0 Å². The summed E-state index contributed by atoms with van der Waals surface area (Å²) in [7, 11) is 0. The van der Waals surface area contributed by atoms with E-state index in [1.807, 2.05) is 0 Å². The average molecular weight is 310 g/mol. The summed E-state index contributed by atoms with van der Waals surface area (Å²) in [6.07, 6.45) is 1.66. The number of hydrogen-bond donors (Lipinski definition) is 1. The first-order chi connectivity index (χ1) is 10.0. The molecule has 0 bridgehead atoms. The molecule has 0 amide bonds. The minimum absolute atomic E-state index is 0.0825. The topological polar surface area (TPSA) is 52.5 Å². The zero-order valence-electron chi connectivity index (χ0n) is 10.6. The van der Waals surface area contributed by atoms with Gasteiger partial charge in [-0.2, -0.15) is 8.78 Å². The Hall–Kier alpha value is -2.34. The summed E-state index contributed by atoms with van der Waals surface area (Å²) in [5.74, 6) is 0.508. The van der Waals surface area contributed by atoms with Crippen LogP contribution in [0.3, 0.4) is 0 Å². The average Bonchev–Trinajstić information content (AvgIpc) is 2.76. The Balaban J connectivity index is 2.02. The molecule has 2 heterocycles. The van der Waals surface area contributed by atoms with Gasteiger partial charge in [0, 0.05) is 11.8 Å². The van der Waals surface area contributed by atoms with E-state index in [1.54, 1.807) is 34.9 Å². The monoisotopic (exact) mass is 309 g/mol. The van der Waals surface area contributed by atoms with Crippen LogP contribution >= 0.6 is 11.6 Å². The van der Waals surface area contributed by atoms with E-state index in [-0.39, 0.29) is 5.75 Å². The van der Waals surface area contributed by atoms with E-state index in [4.69, 9.17) is 17.3 Å². The molecule has 108 valence electrons. The number of rotatable bonds is 3. The van der Waals surface area contributed by atoms with Gasteiger partial charge in [-0.25, -0.2) is 4.98 Å². The maximum Gasteiger partial charge on any atom is 0.387 e. The van der Waals surface area contributed by atoms with Crippen LogP contribution in [0, 0.1) is 0 Å². The van der Waals surface area contributed by atoms with Gasteiger partial charge < -0.3 is 10.5 Å². The van der Waals surface area contributed by atoms with E-state index in [2.05, 4.69) is 9.72 Å². The fraction of sp³-hybridized carbons (Fsp3) is 0.0714. The van der Waals surface area contributed by atoms with E-state index >= 15 is 0 Å². The Morgan fingerprint density at radius 3 is 2.52 bits per heavy atom. The molecule has 4 nitrogen and oxygen atoms in total. The van der Waals surface area contributed by atoms with Crippen LogP contribution in [0.1, 0.15) is 0 Å². The molecule has 2 N–H and O–H groups in total. The predicted molar refractivity (Wildman–Crippen MR) is 76.7 cm³/mol. The van der Waals surface area contributed by atoms with Crippen molar-refractivity contribution >= 4 is 23.1 Å². The second kappa shape index (κ2) is 5.21. The van der Waals surface area contributed by atoms with Crippen LogP contribution in [0.4, 0.5) is 14.6 Å². The molecule has 0 radical (unpaired) electrons. The van der Waals surface area contributed by atoms with Crippen molar-refractivity contribution in [2.24, 2.45) is 0 Å². The zero-order valence-corrected chi connectivity index (χ0v) is 11.4. The summed E-state index contributed by atoms with van der Waals surface area (Å²) in [6, 6.07) is 9.59. The number of hydrogen-bond acceptors (Lipinski definition) is 3. The standard InChI is InChI=1S/C14H10ClF2N3O/c15-9-3-6-11-19-12(13(18)20(11)7-9)8-1-4-10(5-2-8)21-14(16)17/h1-7,14H,18H2. The number of benzene rings is 1. The van der Waals surface area contributed by atoms with Gasteiger partial charge >= 0.3 is 6.61 Å². The van der Waals surface area contributed by atoms with Crippen LogP contribution in [0.5, 0.6) is 5.75 Å². The summed E-state index contributed by atoms with van der Waals surface area (Å²) < 4.78 is 30.2. The van der Waals surface area contributed by atoms with Crippen LogP contribution in [0.15, 0.2) is 42.6 Å². The number of halogens is 3. The molecular weight excluding hydrogens is 300 g/mol. The molecule has 0 aliphatic heterocycles. The number of pyridine rings is 1. The smallest absolute Gasteiger partial charge is 0.387 e. The number of nitrogen functional groups attached to an aromatic ring is 1. The maximum atomic E-state index is 12.1. The third-order valence-electron chi connectivity index (χ3n) is 2.97. The second-order valence-electron chi connectivity index (χ2n) is 4.32. The van der Waals surface area contributed by atoms with Crippen molar-refractivity contribution in [3.63, 3.8) is 0 Å². The van der Waals surface area contributed by atoms with E-state index in [9.17, 15) is 8.78 Å². The molecule has 1 aromatic carbocycles. The summed E-state index contributed by atoms with van der Waals surface area (Å²) in [5.41, 5.74) is 7.96.